The number of thiazole rings is 1. The second-order valence-corrected chi connectivity index (χ2v) is 4.89. The highest BCUT2D eigenvalue weighted by Gasteiger charge is 2.15. The van der Waals surface area contributed by atoms with Crippen LogP contribution in [0, 0.1) is 0 Å². The predicted molar refractivity (Wildman–Crippen MR) is 72.6 cm³/mol. The molecular formula is C10H15ClN4OS. The summed E-state index contributed by atoms with van der Waals surface area (Å²) in [5, 5.41) is 6.70. The van der Waals surface area contributed by atoms with Crippen LogP contribution in [0.4, 0.5) is 10.9 Å². The molecule has 1 amide bonds. The summed E-state index contributed by atoms with van der Waals surface area (Å²) in [7, 11) is 0. The second-order valence-electron chi connectivity index (χ2n) is 3.36. The molecule has 0 aliphatic carbocycles. The number of hydrogen-bond acceptors (Lipinski definition) is 5. The third-order valence-corrected chi connectivity index (χ3v) is 2.99. The highest BCUT2D eigenvalue weighted by atomic mass is 35.5. The Morgan fingerprint density at radius 2 is 2.35 bits per heavy atom. The van der Waals surface area contributed by atoms with E-state index in [1.165, 1.54) is 11.3 Å². The molecule has 0 fully saturated rings. The number of aromatic nitrogens is 1. The van der Waals surface area contributed by atoms with Crippen LogP contribution < -0.4 is 16.4 Å². The van der Waals surface area contributed by atoms with Crippen molar-refractivity contribution in [2.75, 3.05) is 24.1 Å². The number of nitrogen functional groups attached to an aromatic ring is 1. The number of anilines is 2. The van der Waals surface area contributed by atoms with Crippen molar-refractivity contribution < 1.29 is 4.79 Å². The van der Waals surface area contributed by atoms with Crippen LogP contribution in [0.25, 0.3) is 0 Å². The number of carbonyl (C=O) groups is 1. The molecule has 1 aromatic heterocycles. The SMILES string of the molecule is C=C(Cl)CNC(=O)c1sc(NCCC)nc1N. The van der Waals surface area contributed by atoms with Crippen molar-refractivity contribution in [2.45, 2.75) is 13.3 Å². The summed E-state index contributed by atoms with van der Waals surface area (Å²) < 4.78 is 0. The van der Waals surface area contributed by atoms with Crippen molar-refractivity contribution in [2.24, 2.45) is 0 Å². The van der Waals surface area contributed by atoms with Gasteiger partial charge < -0.3 is 16.4 Å². The van der Waals surface area contributed by atoms with E-state index in [4.69, 9.17) is 17.3 Å². The Bertz CT molecular complexity index is 418. The molecule has 0 aliphatic heterocycles. The lowest BCUT2D eigenvalue weighted by atomic mass is 10.4. The van der Waals surface area contributed by atoms with Gasteiger partial charge in [-0.3, -0.25) is 4.79 Å². The molecule has 0 radical (unpaired) electrons. The van der Waals surface area contributed by atoms with Gasteiger partial charge in [-0.15, -0.1) is 0 Å². The zero-order valence-corrected chi connectivity index (χ0v) is 11.1. The van der Waals surface area contributed by atoms with Crippen LogP contribution in [0.5, 0.6) is 0 Å². The standard InChI is InChI=1S/C10H15ClN4OS/c1-3-4-13-10-15-8(12)7(17-10)9(16)14-5-6(2)11/h2-5,12H2,1H3,(H,13,15)(H,14,16). The van der Waals surface area contributed by atoms with Crippen LogP contribution in [0.2, 0.25) is 0 Å². The summed E-state index contributed by atoms with van der Waals surface area (Å²) in [4.78, 5) is 16.2. The molecule has 0 saturated heterocycles. The number of hydrogen-bond donors (Lipinski definition) is 3. The molecule has 0 atom stereocenters. The van der Waals surface area contributed by atoms with Gasteiger partial charge in [-0.1, -0.05) is 36.4 Å². The Balaban J connectivity index is 2.66. The van der Waals surface area contributed by atoms with Gasteiger partial charge in [-0.2, -0.15) is 0 Å². The first kappa shape index (κ1) is 13.8. The maximum atomic E-state index is 11.7. The van der Waals surface area contributed by atoms with E-state index in [0.717, 1.165) is 13.0 Å². The van der Waals surface area contributed by atoms with Gasteiger partial charge in [-0.25, -0.2) is 4.98 Å². The molecule has 0 aliphatic rings. The maximum Gasteiger partial charge on any atom is 0.265 e. The van der Waals surface area contributed by atoms with E-state index in [9.17, 15) is 4.79 Å². The topological polar surface area (TPSA) is 80.0 Å². The van der Waals surface area contributed by atoms with Gasteiger partial charge in [0.25, 0.3) is 5.91 Å². The Kier molecular flexibility index (Phi) is 5.24. The molecule has 1 heterocycles. The van der Waals surface area contributed by atoms with Crippen molar-refractivity contribution in [3.63, 3.8) is 0 Å². The van der Waals surface area contributed by atoms with E-state index >= 15 is 0 Å². The molecule has 0 spiro atoms. The van der Waals surface area contributed by atoms with Crippen LogP contribution in [0.1, 0.15) is 23.0 Å². The van der Waals surface area contributed by atoms with Crippen molar-refractivity contribution in [3.05, 3.63) is 16.5 Å². The van der Waals surface area contributed by atoms with Gasteiger partial charge in [0.1, 0.15) is 10.7 Å². The van der Waals surface area contributed by atoms with Crippen molar-refractivity contribution in [1.82, 2.24) is 10.3 Å². The number of carbonyl (C=O) groups excluding carboxylic acids is 1. The summed E-state index contributed by atoms with van der Waals surface area (Å²) in [6, 6.07) is 0. The predicted octanol–water partition coefficient (Wildman–Crippen LogP) is 2.03. The Morgan fingerprint density at radius 3 is 2.94 bits per heavy atom. The average Bonchev–Trinajstić information content (AvgIpc) is 2.64. The van der Waals surface area contributed by atoms with E-state index in [1.54, 1.807) is 0 Å². The summed E-state index contributed by atoms with van der Waals surface area (Å²) >= 11 is 6.79. The van der Waals surface area contributed by atoms with Crippen LogP contribution in [0.3, 0.4) is 0 Å². The third kappa shape index (κ3) is 4.24. The van der Waals surface area contributed by atoms with Crippen molar-refractivity contribution >= 4 is 39.8 Å². The molecule has 0 aromatic carbocycles. The quantitative estimate of drug-likeness (QED) is 0.741. The minimum absolute atomic E-state index is 0.218. The lowest BCUT2D eigenvalue weighted by Crippen LogP contribution is -2.24. The first-order valence-corrected chi connectivity index (χ1v) is 6.35. The highest BCUT2D eigenvalue weighted by Crippen LogP contribution is 2.24. The smallest absolute Gasteiger partial charge is 0.265 e. The fourth-order valence-corrected chi connectivity index (χ4v) is 1.95. The summed E-state index contributed by atoms with van der Waals surface area (Å²) in [6.07, 6.45) is 0.979. The first-order valence-electron chi connectivity index (χ1n) is 5.16. The van der Waals surface area contributed by atoms with E-state index in [2.05, 4.69) is 22.2 Å². The number of nitrogens with two attached hydrogens (primary N) is 1. The van der Waals surface area contributed by atoms with Gasteiger partial charge in [-0.05, 0) is 6.42 Å². The van der Waals surface area contributed by atoms with E-state index in [0.29, 0.717) is 15.0 Å². The first-order chi connectivity index (χ1) is 8.04. The minimum atomic E-state index is -0.286. The van der Waals surface area contributed by atoms with Crippen LogP contribution in [0.15, 0.2) is 11.6 Å². The number of nitrogens with zero attached hydrogens (tertiary/aromatic N) is 1. The van der Waals surface area contributed by atoms with Gasteiger partial charge in [0, 0.05) is 11.6 Å². The molecule has 1 aromatic rings. The van der Waals surface area contributed by atoms with Crippen LogP contribution >= 0.6 is 22.9 Å². The lowest BCUT2D eigenvalue weighted by Gasteiger charge is -2.01. The largest absolute Gasteiger partial charge is 0.382 e. The highest BCUT2D eigenvalue weighted by molar-refractivity contribution is 7.18. The minimum Gasteiger partial charge on any atom is -0.382 e. The Hall–Kier alpha value is -1.27. The third-order valence-electron chi connectivity index (χ3n) is 1.83. The summed E-state index contributed by atoms with van der Waals surface area (Å²) in [5.74, 6) is -0.0577. The second kappa shape index (κ2) is 6.46. The van der Waals surface area contributed by atoms with Gasteiger partial charge in [0.15, 0.2) is 5.13 Å². The Morgan fingerprint density at radius 1 is 1.65 bits per heavy atom. The zero-order valence-electron chi connectivity index (χ0n) is 9.55. The summed E-state index contributed by atoms with van der Waals surface area (Å²) in [6.45, 7) is 6.54. The molecule has 4 N–H and O–H groups in total. The average molecular weight is 275 g/mol. The van der Waals surface area contributed by atoms with Gasteiger partial charge in [0.05, 0.1) is 6.54 Å². The molecule has 0 bridgehead atoms. The zero-order chi connectivity index (χ0) is 12.8. The lowest BCUT2D eigenvalue weighted by molar-refractivity contribution is 0.0962. The molecule has 7 heteroatoms. The van der Waals surface area contributed by atoms with Crippen LogP contribution in [-0.4, -0.2) is 24.0 Å². The number of rotatable bonds is 6. The number of amides is 1. The molecule has 0 saturated carbocycles. The monoisotopic (exact) mass is 274 g/mol. The van der Waals surface area contributed by atoms with Gasteiger partial charge in [0.2, 0.25) is 0 Å². The molecule has 94 valence electrons. The van der Waals surface area contributed by atoms with Gasteiger partial charge >= 0.3 is 0 Å². The molecule has 0 unspecified atom stereocenters. The van der Waals surface area contributed by atoms with E-state index in [-0.39, 0.29) is 18.3 Å². The number of nitrogens with one attached hydrogen (secondary N) is 2. The molecule has 5 nitrogen and oxygen atoms in total. The molecule has 1 rings (SSSR count). The maximum absolute atomic E-state index is 11.7. The summed E-state index contributed by atoms with van der Waals surface area (Å²) in [5.41, 5.74) is 5.66. The van der Waals surface area contributed by atoms with E-state index in [1.807, 2.05) is 6.92 Å². The molecular weight excluding hydrogens is 260 g/mol. The fourth-order valence-electron chi connectivity index (χ4n) is 1.06. The van der Waals surface area contributed by atoms with Crippen molar-refractivity contribution in [1.29, 1.82) is 0 Å². The normalized spacial score (nSPS) is 10.0. The number of halogens is 1. The Labute approximate surface area is 109 Å². The van der Waals surface area contributed by atoms with Crippen LogP contribution in [-0.2, 0) is 0 Å². The molecule has 17 heavy (non-hydrogen) atoms. The van der Waals surface area contributed by atoms with Crippen molar-refractivity contribution in [3.8, 4) is 0 Å². The fraction of sp³-hybridized carbons (Fsp3) is 0.400. The van der Waals surface area contributed by atoms with E-state index < -0.39 is 0 Å².